The van der Waals surface area contributed by atoms with Gasteiger partial charge in [0.15, 0.2) is 0 Å². The Labute approximate surface area is 97.2 Å². The van der Waals surface area contributed by atoms with Crippen LogP contribution in [-0.4, -0.2) is 24.2 Å². The normalized spacial score (nSPS) is 25.4. The van der Waals surface area contributed by atoms with Crippen LogP contribution < -0.4 is 5.32 Å². The maximum absolute atomic E-state index is 5.43. The van der Waals surface area contributed by atoms with Gasteiger partial charge in [0.25, 0.3) is 0 Å². The molecule has 88 valence electrons. The first-order valence-electron chi connectivity index (χ1n) is 5.99. The molecule has 2 unspecified atom stereocenters. The summed E-state index contributed by atoms with van der Waals surface area (Å²) in [6.07, 6.45) is 8.93. The van der Waals surface area contributed by atoms with E-state index < -0.39 is 0 Å². The van der Waals surface area contributed by atoms with Gasteiger partial charge in [0.05, 0.1) is 18.0 Å². The number of ether oxygens (including phenoxy) is 1. The molecule has 1 aromatic rings. The van der Waals surface area contributed by atoms with Gasteiger partial charge in [0.2, 0.25) is 0 Å². The van der Waals surface area contributed by atoms with E-state index in [4.69, 9.17) is 4.74 Å². The van der Waals surface area contributed by atoms with E-state index in [1.54, 1.807) is 0 Å². The molecule has 1 fully saturated rings. The minimum atomic E-state index is 0.420. The van der Waals surface area contributed by atoms with Crippen molar-refractivity contribution in [1.29, 1.82) is 0 Å². The van der Waals surface area contributed by atoms with Crippen LogP contribution in [0.2, 0.25) is 0 Å². The Hall–Kier alpha value is -1.09. The van der Waals surface area contributed by atoms with Crippen LogP contribution in [0.15, 0.2) is 18.5 Å². The summed E-state index contributed by atoms with van der Waals surface area (Å²) >= 11 is 0. The Morgan fingerprint density at radius 1 is 1.44 bits per heavy atom. The van der Waals surface area contributed by atoms with Crippen molar-refractivity contribution in [3.63, 3.8) is 0 Å². The number of aromatic nitrogens is 1. The molecule has 1 saturated carbocycles. The van der Waals surface area contributed by atoms with Gasteiger partial charge in [-0.25, -0.2) is 0 Å². The van der Waals surface area contributed by atoms with E-state index in [0.29, 0.717) is 12.1 Å². The third kappa shape index (κ3) is 2.73. The number of nitrogens with one attached hydrogen (secondary N) is 1. The number of hydrogen-bond donors (Lipinski definition) is 1. The monoisotopic (exact) mass is 220 g/mol. The molecule has 0 saturated heterocycles. The molecule has 16 heavy (non-hydrogen) atoms. The highest BCUT2D eigenvalue weighted by Gasteiger charge is 2.21. The Balaban J connectivity index is 1.97. The predicted octanol–water partition coefficient (Wildman–Crippen LogP) is 2.76. The summed E-state index contributed by atoms with van der Waals surface area (Å²) in [7, 11) is 1.81. The van der Waals surface area contributed by atoms with E-state index >= 15 is 0 Å². The average Bonchev–Trinajstić information content (AvgIpc) is 2.32. The Kier molecular flexibility index (Phi) is 3.78. The van der Waals surface area contributed by atoms with Crippen LogP contribution in [0.4, 0.5) is 5.69 Å². The first-order chi connectivity index (χ1) is 7.79. The summed E-state index contributed by atoms with van der Waals surface area (Å²) in [6.45, 7) is 2.11. The minimum absolute atomic E-state index is 0.420. The lowest BCUT2D eigenvalue weighted by atomic mass is 9.92. The second-order valence-corrected chi connectivity index (χ2v) is 4.56. The van der Waals surface area contributed by atoms with Crippen molar-refractivity contribution in [2.45, 2.75) is 44.8 Å². The fraction of sp³-hybridized carbons (Fsp3) is 0.615. The van der Waals surface area contributed by atoms with E-state index in [1.165, 1.54) is 24.8 Å². The van der Waals surface area contributed by atoms with Gasteiger partial charge in [-0.15, -0.1) is 0 Å². The molecule has 3 nitrogen and oxygen atoms in total. The third-order valence-corrected chi connectivity index (χ3v) is 3.36. The van der Waals surface area contributed by atoms with Crippen molar-refractivity contribution >= 4 is 5.69 Å². The second kappa shape index (κ2) is 5.30. The molecular weight excluding hydrogens is 200 g/mol. The lowest BCUT2D eigenvalue weighted by molar-refractivity contribution is 0.0669. The van der Waals surface area contributed by atoms with Gasteiger partial charge >= 0.3 is 0 Å². The van der Waals surface area contributed by atoms with Gasteiger partial charge in [-0.1, -0.05) is 0 Å². The zero-order valence-corrected chi connectivity index (χ0v) is 10.1. The minimum Gasteiger partial charge on any atom is -0.381 e. The van der Waals surface area contributed by atoms with Crippen molar-refractivity contribution in [2.75, 3.05) is 12.4 Å². The van der Waals surface area contributed by atoms with Gasteiger partial charge in [0.1, 0.15) is 0 Å². The average molecular weight is 220 g/mol. The molecule has 1 aliphatic rings. The second-order valence-electron chi connectivity index (χ2n) is 4.56. The Morgan fingerprint density at radius 2 is 2.31 bits per heavy atom. The van der Waals surface area contributed by atoms with Crippen molar-refractivity contribution in [1.82, 2.24) is 4.98 Å². The lowest BCUT2D eigenvalue weighted by Gasteiger charge is -2.29. The molecule has 0 aromatic carbocycles. The largest absolute Gasteiger partial charge is 0.381 e. The number of hydrogen-bond acceptors (Lipinski definition) is 3. The van der Waals surface area contributed by atoms with E-state index in [1.807, 2.05) is 25.6 Å². The van der Waals surface area contributed by atoms with Gasteiger partial charge in [-0.05, 0) is 44.2 Å². The number of nitrogens with zero attached hydrogens (tertiary/aromatic N) is 1. The fourth-order valence-electron chi connectivity index (χ4n) is 2.33. The molecule has 2 atom stereocenters. The highest BCUT2D eigenvalue weighted by molar-refractivity contribution is 5.48. The first kappa shape index (κ1) is 11.4. The standard InChI is InChI=1S/C13H20N2O/c1-10-6-7-14-9-13(10)15-11-4-3-5-12(8-11)16-2/h6-7,9,11-12,15H,3-5,8H2,1-2H3. The number of aryl methyl sites for hydroxylation is 1. The lowest BCUT2D eigenvalue weighted by Crippen LogP contribution is -2.31. The smallest absolute Gasteiger partial charge is 0.0590 e. The highest BCUT2D eigenvalue weighted by atomic mass is 16.5. The molecule has 0 aliphatic heterocycles. The first-order valence-corrected chi connectivity index (χ1v) is 5.99. The molecule has 3 heteroatoms. The van der Waals surface area contributed by atoms with Gasteiger partial charge < -0.3 is 10.1 Å². The van der Waals surface area contributed by atoms with Crippen LogP contribution in [-0.2, 0) is 4.74 Å². The maximum Gasteiger partial charge on any atom is 0.0590 e. The SMILES string of the molecule is COC1CCCC(Nc2cnccc2C)C1. The topological polar surface area (TPSA) is 34.1 Å². The summed E-state index contributed by atoms with van der Waals surface area (Å²) in [5, 5.41) is 3.57. The van der Waals surface area contributed by atoms with Crippen molar-refractivity contribution < 1.29 is 4.74 Å². The summed E-state index contributed by atoms with van der Waals surface area (Å²) in [6, 6.07) is 2.57. The van der Waals surface area contributed by atoms with Gasteiger partial charge in [-0.2, -0.15) is 0 Å². The summed E-state index contributed by atoms with van der Waals surface area (Å²) in [5.74, 6) is 0. The number of methoxy groups -OCH3 is 1. The van der Waals surface area contributed by atoms with E-state index in [-0.39, 0.29) is 0 Å². The predicted molar refractivity (Wildman–Crippen MR) is 65.6 cm³/mol. The van der Waals surface area contributed by atoms with E-state index in [0.717, 1.165) is 12.1 Å². The van der Waals surface area contributed by atoms with Crippen LogP contribution in [0.3, 0.4) is 0 Å². The molecule has 1 N–H and O–H groups in total. The fourth-order valence-corrected chi connectivity index (χ4v) is 2.33. The number of pyridine rings is 1. The zero-order chi connectivity index (χ0) is 11.4. The van der Waals surface area contributed by atoms with Gasteiger partial charge in [0, 0.05) is 19.3 Å². The number of rotatable bonds is 3. The Morgan fingerprint density at radius 3 is 3.06 bits per heavy atom. The quantitative estimate of drug-likeness (QED) is 0.850. The molecular formula is C13H20N2O. The van der Waals surface area contributed by atoms with E-state index in [2.05, 4.69) is 17.2 Å². The molecule has 0 amide bonds. The van der Waals surface area contributed by atoms with Crippen LogP contribution in [0.1, 0.15) is 31.2 Å². The molecule has 1 aromatic heterocycles. The number of anilines is 1. The Bertz CT molecular complexity index is 340. The van der Waals surface area contributed by atoms with Crippen molar-refractivity contribution in [2.24, 2.45) is 0 Å². The molecule has 1 heterocycles. The van der Waals surface area contributed by atoms with Crippen LogP contribution >= 0.6 is 0 Å². The van der Waals surface area contributed by atoms with Crippen LogP contribution in [0.25, 0.3) is 0 Å². The van der Waals surface area contributed by atoms with Crippen LogP contribution in [0.5, 0.6) is 0 Å². The highest BCUT2D eigenvalue weighted by Crippen LogP contribution is 2.24. The molecule has 0 radical (unpaired) electrons. The third-order valence-electron chi connectivity index (χ3n) is 3.36. The van der Waals surface area contributed by atoms with Crippen molar-refractivity contribution in [3.8, 4) is 0 Å². The maximum atomic E-state index is 5.43. The van der Waals surface area contributed by atoms with Gasteiger partial charge in [-0.3, -0.25) is 4.98 Å². The van der Waals surface area contributed by atoms with Crippen LogP contribution in [0, 0.1) is 6.92 Å². The summed E-state index contributed by atoms with van der Waals surface area (Å²) in [4.78, 5) is 4.16. The molecule has 0 bridgehead atoms. The molecule has 1 aliphatic carbocycles. The summed E-state index contributed by atoms with van der Waals surface area (Å²) in [5.41, 5.74) is 2.42. The van der Waals surface area contributed by atoms with Crippen molar-refractivity contribution in [3.05, 3.63) is 24.0 Å². The summed E-state index contributed by atoms with van der Waals surface area (Å²) < 4.78 is 5.43. The zero-order valence-electron chi connectivity index (χ0n) is 10.1. The molecule has 0 spiro atoms. The van der Waals surface area contributed by atoms with E-state index in [9.17, 15) is 0 Å². The molecule has 2 rings (SSSR count).